The van der Waals surface area contributed by atoms with Crippen LogP contribution in [0.5, 0.6) is 0 Å². The molecule has 0 unspecified atom stereocenters. The van der Waals surface area contributed by atoms with Gasteiger partial charge in [0.1, 0.15) is 11.3 Å². The number of nitrogens with two attached hydrogens (primary N) is 1. The van der Waals surface area contributed by atoms with Gasteiger partial charge in [0.2, 0.25) is 0 Å². The van der Waals surface area contributed by atoms with Gasteiger partial charge in [0.25, 0.3) is 0 Å². The number of carbonyl (C=O) groups is 1. The highest BCUT2D eigenvalue weighted by Gasteiger charge is 2.09. The van der Waals surface area contributed by atoms with Crippen molar-refractivity contribution in [2.75, 3.05) is 0 Å². The first-order valence-corrected chi connectivity index (χ1v) is 6.23. The normalized spacial score (nSPS) is 10.8. The molecule has 100 valence electrons. The lowest BCUT2D eigenvalue weighted by Crippen LogP contribution is -1.94. The lowest BCUT2D eigenvalue weighted by molar-refractivity contribution is 0.0697. The van der Waals surface area contributed by atoms with E-state index in [1.807, 2.05) is 30.3 Å². The second kappa shape index (κ2) is 4.83. The zero-order chi connectivity index (χ0) is 14.1. The smallest absolute Gasteiger partial charge is 0.335 e. The predicted molar refractivity (Wildman–Crippen MR) is 76.5 cm³/mol. The first kappa shape index (κ1) is 12.4. The van der Waals surface area contributed by atoms with E-state index in [2.05, 4.69) is 0 Å². The molecule has 1 aromatic heterocycles. The van der Waals surface area contributed by atoms with Gasteiger partial charge in [0, 0.05) is 17.5 Å². The predicted octanol–water partition coefficient (Wildman–Crippen LogP) is 3.26. The molecule has 1 heterocycles. The second-order valence-corrected chi connectivity index (χ2v) is 4.57. The molecule has 0 saturated carbocycles. The average molecular weight is 267 g/mol. The van der Waals surface area contributed by atoms with Gasteiger partial charge in [-0.15, -0.1) is 0 Å². The zero-order valence-electron chi connectivity index (χ0n) is 10.7. The molecule has 0 fully saturated rings. The van der Waals surface area contributed by atoms with E-state index in [1.54, 1.807) is 12.1 Å². The van der Waals surface area contributed by atoms with Gasteiger partial charge in [-0.1, -0.05) is 24.3 Å². The second-order valence-electron chi connectivity index (χ2n) is 4.57. The summed E-state index contributed by atoms with van der Waals surface area (Å²) < 4.78 is 5.74. The van der Waals surface area contributed by atoms with Crippen LogP contribution in [0.2, 0.25) is 0 Å². The van der Waals surface area contributed by atoms with E-state index in [-0.39, 0.29) is 5.56 Å². The molecule has 3 aromatic rings. The van der Waals surface area contributed by atoms with Crippen LogP contribution < -0.4 is 5.73 Å². The highest BCUT2D eigenvalue weighted by Crippen LogP contribution is 2.28. The van der Waals surface area contributed by atoms with Crippen molar-refractivity contribution in [3.05, 3.63) is 59.7 Å². The van der Waals surface area contributed by atoms with Gasteiger partial charge in [-0.3, -0.25) is 0 Å². The highest BCUT2D eigenvalue weighted by molar-refractivity contribution is 5.94. The van der Waals surface area contributed by atoms with Gasteiger partial charge in [-0.2, -0.15) is 0 Å². The average Bonchev–Trinajstić information content (AvgIpc) is 2.90. The van der Waals surface area contributed by atoms with Crippen LogP contribution in [0.4, 0.5) is 0 Å². The summed E-state index contributed by atoms with van der Waals surface area (Å²) in [4.78, 5) is 10.9. The Bertz CT molecular complexity index is 772. The van der Waals surface area contributed by atoms with Crippen molar-refractivity contribution in [1.29, 1.82) is 0 Å². The Hall–Kier alpha value is -2.59. The Labute approximate surface area is 115 Å². The third-order valence-corrected chi connectivity index (χ3v) is 3.24. The summed E-state index contributed by atoms with van der Waals surface area (Å²) in [6, 6.07) is 14.5. The summed E-state index contributed by atoms with van der Waals surface area (Å²) in [5, 5.41) is 9.76. The van der Waals surface area contributed by atoms with Crippen LogP contribution in [0.15, 0.2) is 52.9 Å². The first-order valence-electron chi connectivity index (χ1n) is 6.23. The maximum atomic E-state index is 10.9. The van der Waals surface area contributed by atoms with Crippen LogP contribution in [0.1, 0.15) is 15.9 Å². The minimum atomic E-state index is -0.943. The van der Waals surface area contributed by atoms with Gasteiger partial charge >= 0.3 is 5.97 Å². The third kappa shape index (κ3) is 2.17. The monoisotopic (exact) mass is 267 g/mol. The fourth-order valence-corrected chi connectivity index (χ4v) is 2.12. The summed E-state index contributed by atoms with van der Waals surface area (Å²) in [6.45, 7) is 0.502. The molecule has 0 bridgehead atoms. The van der Waals surface area contributed by atoms with Crippen LogP contribution in [0.3, 0.4) is 0 Å². The maximum absolute atomic E-state index is 10.9. The Morgan fingerprint density at radius 2 is 1.85 bits per heavy atom. The van der Waals surface area contributed by atoms with E-state index in [1.165, 1.54) is 6.07 Å². The van der Waals surface area contributed by atoms with Crippen molar-refractivity contribution in [3.8, 4) is 11.3 Å². The van der Waals surface area contributed by atoms with Crippen molar-refractivity contribution in [2.45, 2.75) is 6.54 Å². The van der Waals surface area contributed by atoms with Crippen molar-refractivity contribution < 1.29 is 14.3 Å². The quantitative estimate of drug-likeness (QED) is 0.763. The molecule has 2 aromatic carbocycles. The molecular formula is C16H13NO3. The van der Waals surface area contributed by atoms with E-state index in [0.717, 1.165) is 16.5 Å². The van der Waals surface area contributed by atoms with Gasteiger partial charge < -0.3 is 15.3 Å². The molecule has 0 saturated heterocycles. The molecular weight excluding hydrogens is 254 g/mol. The summed E-state index contributed by atoms with van der Waals surface area (Å²) in [7, 11) is 0. The van der Waals surface area contributed by atoms with Crippen LogP contribution in [-0.4, -0.2) is 11.1 Å². The first-order chi connectivity index (χ1) is 9.67. The van der Waals surface area contributed by atoms with E-state index < -0.39 is 5.97 Å². The number of benzene rings is 2. The molecule has 3 rings (SSSR count). The summed E-state index contributed by atoms with van der Waals surface area (Å²) in [6.07, 6.45) is 0. The number of rotatable bonds is 3. The van der Waals surface area contributed by atoms with Crippen molar-refractivity contribution in [3.63, 3.8) is 0 Å². The van der Waals surface area contributed by atoms with E-state index in [9.17, 15) is 4.79 Å². The number of carboxylic acids is 1. The van der Waals surface area contributed by atoms with Gasteiger partial charge in [-0.25, -0.2) is 4.79 Å². The Morgan fingerprint density at radius 3 is 2.50 bits per heavy atom. The lowest BCUT2D eigenvalue weighted by atomic mass is 10.1. The third-order valence-electron chi connectivity index (χ3n) is 3.24. The van der Waals surface area contributed by atoms with E-state index >= 15 is 0 Å². The maximum Gasteiger partial charge on any atom is 0.335 e. The Kier molecular flexibility index (Phi) is 3.00. The number of aromatic carboxylic acids is 1. The zero-order valence-corrected chi connectivity index (χ0v) is 10.7. The summed E-state index contributed by atoms with van der Waals surface area (Å²) >= 11 is 0. The summed E-state index contributed by atoms with van der Waals surface area (Å²) in [5.41, 5.74) is 8.49. The number of fused-ring (bicyclic) bond motifs is 1. The largest absolute Gasteiger partial charge is 0.478 e. The van der Waals surface area contributed by atoms with Crippen molar-refractivity contribution in [1.82, 2.24) is 0 Å². The lowest BCUT2D eigenvalue weighted by Gasteiger charge is -1.98. The molecule has 0 aliphatic heterocycles. The molecule has 4 heteroatoms. The van der Waals surface area contributed by atoms with E-state index in [4.69, 9.17) is 15.3 Å². The molecule has 0 amide bonds. The molecule has 4 nitrogen and oxygen atoms in total. The van der Waals surface area contributed by atoms with E-state index in [0.29, 0.717) is 17.9 Å². The topological polar surface area (TPSA) is 76.5 Å². The van der Waals surface area contributed by atoms with Crippen molar-refractivity contribution >= 4 is 16.9 Å². The fourth-order valence-electron chi connectivity index (χ4n) is 2.12. The molecule has 0 aliphatic carbocycles. The fraction of sp³-hybridized carbons (Fsp3) is 0.0625. The Morgan fingerprint density at radius 1 is 1.10 bits per heavy atom. The number of hydrogen-bond acceptors (Lipinski definition) is 3. The SMILES string of the molecule is NCc1ccc(-c2cc3cc(C(=O)O)ccc3o2)cc1. The molecule has 0 radical (unpaired) electrons. The molecule has 3 N–H and O–H groups in total. The molecule has 0 atom stereocenters. The molecule has 0 spiro atoms. The standard InChI is InChI=1S/C16H13NO3/c17-9-10-1-3-11(4-2-10)15-8-13-7-12(16(18)19)5-6-14(13)20-15/h1-8H,9,17H2,(H,18,19). The number of carboxylic acid groups (broad SMARTS) is 1. The molecule has 0 aliphatic rings. The van der Waals surface area contributed by atoms with Gasteiger partial charge in [-0.05, 0) is 29.8 Å². The molecule has 20 heavy (non-hydrogen) atoms. The van der Waals surface area contributed by atoms with Crippen LogP contribution in [0, 0.1) is 0 Å². The van der Waals surface area contributed by atoms with Crippen LogP contribution in [-0.2, 0) is 6.54 Å². The number of hydrogen-bond donors (Lipinski definition) is 2. The van der Waals surface area contributed by atoms with Crippen LogP contribution >= 0.6 is 0 Å². The van der Waals surface area contributed by atoms with Gasteiger partial charge in [0.05, 0.1) is 5.56 Å². The van der Waals surface area contributed by atoms with Crippen molar-refractivity contribution in [2.24, 2.45) is 5.73 Å². The van der Waals surface area contributed by atoms with Crippen LogP contribution in [0.25, 0.3) is 22.3 Å². The Balaban J connectivity index is 2.05. The minimum absolute atomic E-state index is 0.253. The number of furan rings is 1. The summed E-state index contributed by atoms with van der Waals surface area (Å²) in [5.74, 6) is -0.229. The highest BCUT2D eigenvalue weighted by atomic mass is 16.4. The minimum Gasteiger partial charge on any atom is -0.478 e. The van der Waals surface area contributed by atoms with Gasteiger partial charge in [0.15, 0.2) is 0 Å².